The second-order valence-electron chi connectivity index (χ2n) is 8.89. The molecule has 1 aliphatic rings. The molecule has 5 rings (SSSR count). The highest BCUT2D eigenvalue weighted by Crippen LogP contribution is 2.31. The molecule has 3 heterocycles. The number of carboxylic acid groups (broad SMARTS) is 1. The number of carboxylic acids is 1. The van der Waals surface area contributed by atoms with Gasteiger partial charge in [-0.25, -0.2) is 14.6 Å². The molecule has 0 saturated carbocycles. The number of hydrogen-bond acceptors (Lipinski definition) is 8. The maximum Gasteiger partial charge on any atom is 0.338 e. The van der Waals surface area contributed by atoms with Gasteiger partial charge in [-0.3, -0.25) is 9.36 Å². The monoisotopic (exact) mass is 558 g/mol. The number of benzene rings is 2. The van der Waals surface area contributed by atoms with Crippen molar-refractivity contribution in [2.24, 2.45) is 4.99 Å². The quantitative estimate of drug-likeness (QED) is 0.323. The predicted octanol–water partition coefficient (Wildman–Crippen LogP) is 4.16. The third kappa shape index (κ3) is 5.13. The van der Waals surface area contributed by atoms with Gasteiger partial charge in [0.2, 0.25) is 0 Å². The Bertz CT molecular complexity index is 1790. The number of carbonyl (C=O) groups excluding carboxylic acids is 1. The van der Waals surface area contributed by atoms with Gasteiger partial charge in [-0.05, 0) is 62.7 Å². The summed E-state index contributed by atoms with van der Waals surface area (Å²) in [5.41, 5.74) is 2.07. The van der Waals surface area contributed by atoms with Crippen molar-refractivity contribution in [2.75, 3.05) is 13.2 Å². The standard InChI is InChI=1S/C30H26N2O7S/c1-4-37-21-12-10-19(11-13-21)26-25(29(36)38-5-2)17(3)31-30-32(26)27(33)24(40-30)16-22-14-15-23(39-22)18-6-8-20(9-7-18)28(34)35/h6-16,26H,4-5H2,1-3H3,(H,34,35)/t26-/m0/s1. The Morgan fingerprint density at radius 2 is 1.77 bits per heavy atom. The lowest BCUT2D eigenvalue weighted by atomic mass is 9.96. The highest BCUT2D eigenvalue weighted by molar-refractivity contribution is 7.07. The average Bonchev–Trinajstić information content (AvgIpc) is 3.53. The van der Waals surface area contributed by atoms with Crippen molar-refractivity contribution in [3.8, 4) is 17.1 Å². The summed E-state index contributed by atoms with van der Waals surface area (Å²) >= 11 is 1.20. The fourth-order valence-corrected chi connectivity index (χ4v) is 5.54. The van der Waals surface area contributed by atoms with Gasteiger partial charge in [0.25, 0.3) is 5.56 Å². The minimum absolute atomic E-state index is 0.177. The molecule has 2 aromatic carbocycles. The molecule has 0 aliphatic carbocycles. The van der Waals surface area contributed by atoms with E-state index in [2.05, 4.69) is 4.99 Å². The summed E-state index contributed by atoms with van der Waals surface area (Å²) in [6.07, 6.45) is 1.64. The molecule has 0 spiro atoms. The highest BCUT2D eigenvalue weighted by atomic mass is 32.1. The van der Waals surface area contributed by atoms with Crippen molar-refractivity contribution in [1.29, 1.82) is 0 Å². The van der Waals surface area contributed by atoms with Crippen LogP contribution in [0.15, 0.2) is 86.1 Å². The summed E-state index contributed by atoms with van der Waals surface area (Å²) in [6.45, 7) is 6.07. The number of rotatable bonds is 8. The molecule has 0 fully saturated rings. The van der Waals surface area contributed by atoms with Gasteiger partial charge in [0.15, 0.2) is 4.80 Å². The van der Waals surface area contributed by atoms with Gasteiger partial charge in [-0.15, -0.1) is 0 Å². The van der Waals surface area contributed by atoms with E-state index in [9.17, 15) is 14.4 Å². The third-order valence-corrected chi connectivity index (χ3v) is 7.32. The maximum absolute atomic E-state index is 13.8. The van der Waals surface area contributed by atoms with E-state index in [0.29, 0.717) is 50.0 Å². The second kappa shape index (κ2) is 11.2. The lowest BCUT2D eigenvalue weighted by Gasteiger charge is -2.24. The molecule has 1 atom stereocenters. The van der Waals surface area contributed by atoms with Crippen LogP contribution in [0.25, 0.3) is 17.4 Å². The van der Waals surface area contributed by atoms with Crippen LogP contribution in [0.3, 0.4) is 0 Å². The van der Waals surface area contributed by atoms with Crippen LogP contribution < -0.4 is 19.6 Å². The number of allylic oxidation sites excluding steroid dienone is 1. The molecule has 1 aliphatic heterocycles. The molecular formula is C30H26N2O7S. The summed E-state index contributed by atoms with van der Waals surface area (Å²) in [6, 6.07) is 16.4. The minimum atomic E-state index is -1.01. The third-order valence-electron chi connectivity index (χ3n) is 6.34. The van der Waals surface area contributed by atoms with E-state index in [1.807, 2.05) is 19.1 Å². The van der Waals surface area contributed by atoms with Crippen molar-refractivity contribution in [3.05, 3.63) is 109 Å². The van der Waals surface area contributed by atoms with Crippen LogP contribution in [0.2, 0.25) is 0 Å². The van der Waals surface area contributed by atoms with Gasteiger partial charge in [0.05, 0.1) is 40.6 Å². The number of ether oxygens (including phenoxy) is 2. The number of thiazole rings is 1. The lowest BCUT2D eigenvalue weighted by Crippen LogP contribution is -2.39. The zero-order valence-corrected chi connectivity index (χ0v) is 22.9. The first kappa shape index (κ1) is 26.9. The number of fused-ring (bicyclic) bond motifs is 1. The van der Waals surface area contributed by atoms with Gasteiger partial charge in [0, 0.05) is 11.6 Å². The number of aromatic nitrogens is 1. The molecule has 2 aromatic heterocycles. The molecule has 204 valence electrons. The Kier molecular flexibility index (Phi) is 7.52. The summed E-state index contributed by atoms with van der Waals surface area (Å²) < 4.78 is 18.8. The van der Waals surface area contributed by atoms with Crippen molar-refractivity contribution in [2.45, 2.75) is 26.8 Å². The fourth-order valence-electron chi connectivity index (χ4n) is 4.51. The van der Waals surface area contributed by atoms with Gasteiger partial charge >= 0.3 is 11.9 Å². The molecular weight excluding hydrogens is 532 g/mol. The Morgan fingerprint density at radius 3 is 2.42 bits per heavy atom. The van der Waals surface area contributed by atoms with Crippen LogP contribution in [-0.4, -0.2) is 34.8 Å². The topological polar surface area (TPSA) is 120 Å². The fraction of sp³-hybridized carbons (Fsp3) is 0.200. The normalized spacial score (nSPS) is 15.0. The van der Waals surface area contributed by atoms with E-state index in [0.717, 1.165) is 5.56 Å². The number of furan rings is 1. The number of esters is 1. The van der Waals surface area contributed by atoms with Crippen LogP contribution in [0.1, 0.15) is 48.5 Å². The predicted molar refractivity (Wildman–Crippen MR) is 149 cm³/mol. The Balaban J connectivity index is 1.58. The first-order chi connectivity index (χ1) is 19.3. The zero-order chi connectivity index (χ0) is 28.4. The largest absolute Gasteiger partial charge is 0.494 e. The molecule has 9 nitrogen and oxygen atoms in total. The van der Waals surface area contributed by atoms with E-state index >= 15 is 0 Å². The molecule has 40 heavy (non-hydrogen) atoms. The smallest absolute Gasteiger partial charge is 0.338 e. The van der Waals surface area contributed by atoms with Crippen LogP contribution in [-0.2, 0) is 9.53 Å². The SMILES string of the molecule is CCOC(=O)C1=C(C)N=c2sc(=Cc3ccc(-c4ccc(C(=O)O)cc4)o3)c(=O)n2[C@H]1c1ccc(OCC)cc1. The van der Waals surface area contributed by atoms with Crippen LogP contribution in [0, 0.1) is 0 Å². The Labute approximate surface area is 232 Å². The van der Waals surface area contributed by atoms with Crippen LogP contribution >= 0.6 is 11.3 Å². The average molecular weight is 559 g/mol. The molecule has 0 radical (unpaired) electrons. The first-order valence-corrected chi connectivity index (χ1v) is 13.5. The molecule has 0 bridgehead atoms. The van der Waals surface area contributed by atoms with Crippen LogP contribution in [0.5, 0.6) is 5.75 Å². The van der Waals surface area contributed by atoms with Crippen molar-refractivity contribution >= 4 is 29.4 Å². The molecule has 0 saturated heterocycles. The van der Waals surface area contributed by atoms with Crippen LogP contribution in [0.4, 0.5) is 0 Å². The summed E-state index contributed by atoms with van der Waals surface area (Å²) in [4.78, 5) is 43.0. The molecule has 10 heteroatoms. The molecule has 1 N–H and O–H groups in total. The second-order valence-corrected chi connectivity index (χ2v) is 9.90. The van der Waals surface area contributed by atoms with Crippen molar-refractivity contribution in [1.82, 2.24) is 4.57 Å². The van der Waals surface area contributed by atoms with Crippen molar-refractivity contribution < 1.29 is 28.6 Å². The van der Waals surface area contributed by atoms with Gasteiger partial charge < -0.3 is 19.0 Å². The summed E-state index contributed by atoms with van der Waals surface area (Å²) in [5.74, 6) is 0.127. The highest BCUT2D eigenvalue weighted by Gasteiger charge is 2.33. The van der Waals surface area contributed by atoms with E-state index in [4.69, 9.17) is 19.0 Å². The lowest BCUT2D eigenvalue weighted by molar-refractivity contribution is -0.139. The number of aromatic carboxylic acids is 1. The Hall–Kier alpha value is -4.70. The number of carbonyl (C=O) groups is 2. The molecule has 0 amide bonds. The van der Waals surface area contributed by atoms with Gasteiger partial charge in [0.1, 0.15) is 17.3 Å². The Morgan fingerprint density at radius 1 is 1.05 bits per heavy atom. The summed E-state index contributed by atoms with van der Waals surface area (Å²) in [7, 11) is 0. The number of hydrogen-bond donors (Lipinski definition) is 1. The zero-order valence-electron chi connectivity index (χ0n) is 22.0. The van der Waals surface area contributed by atoms with Crippen molar-refractivity contribution in [3.63, 3.8) is 0 Å². The first-order valence-electron chi connectivity index (χ1n) is 12.7. The molecule has 4 aromatic rings. The summed E-state index contributed by atoms with van der Waals surface area (Å²) in [5, 5.41) is 9.12. The molecule has 0 unspecified atom stereocenters. The van der Waals surface area contributed by atoms with E-state index in [1.54, 1.807) is 56.3 Å². The van der Waals surface area contributed by atoms with Gasteiger partial charge in [-0.1, -0.05) is 35.6 Å². The van der Waals surface area contributed by atoms with E-state index < -0.39 is 18.0 Å². The minimum Gasteiger partial charge on any atom is -0.494 e. The maximum atomic E-state index is 13.8. The van der Waals surface area contributed by atoms with E-state index in [1.165, 1.54) is 28.0 Å². The number of nitrogens with zero attached hydrogens (tertiary/aromatic N) is 2. The van der Waals surface area contributed by atoms with Gasteiger partial charge in [-0.2, -0.15) is 0 Å². The van der Waals surface area contributed by atoms with E-state index in [-0.39, 0.29) is 17.7 Å².